The summed E-state index contributed by atoms with van der Waals surface area (Å²) in [6.45, 7) is 1.97. The fourth-order valence-electron chi connectivity index (χ4n) is 2.53. The molecule has 0 amide bonds. The van der Waals surface area contributed by atoms with Crippen molar-refractivity contribution in [3.63, 3.8) is 0 Å². The van der Waals surface area contributed by atoms with Gasteiger partial charge in [0.2, 0.25) is 0 Å². The molecule has 0 unspecified atom stereocenters. The van der Waals surface area contributed by atoms with E-state index in [-0.39, 0.29) is 0 Å². The molecule has 0 atom stereocenters. The highest BCUT2D eigenvalue weighted by Gasteiger charge is 2.21. The fourth-order valence-corrected chi connectivity index (χ4v) is 2.76. The van der Waals surface area contributed by atoms with Crippen molar-refractivity contribution in [1.82, 2.24) is 4.98 Å². The number of rotatable bonds is 1. The molecule has 0 N–H and O–H groups in total. The Labute approximate surface area is 111 Å². The molecular formula is C14H12ClN3. The molecule has 0 radical (unpaired) electrons. The molecule has 0 aliphatic carbocycles. The van der Waals surface area contributed by atoms with Gasteiger partial charge in [-0.25, -0.2) is 4.98 Å². The molecule has 18 heavy (non-hydrogen) atoms. The van der Waals surface area contributed by atoms with Crippen molar-refractivity contribution in [2.24, 2.45) is 0 Å². The summed E-state index contributed by atoms with van der Waals surface area (Å²) in [5.41, 5.74) is 2.30. The van der Waals surface area contributed by atoms with Gasteiger partial charge in [-0.2, -0.15) is 5.26 Å². The zero-order valence-electron chi connectivity index (χ0n) is 9.86. The van der Waals surface area contributed by atoms with Crippen LogP contribution in [-0.2, 0) is 0 Å². The molecule has 0 spiro atoms. The lowest BCUT2D eigenvalue weighted by Crippen LogP contribution is -2.19. The Hall–Kier alpha value is -1.79. The summed E-state index contributed by atoms with van der Waals surface area (Å²) in [6.07, 6.45) is 2.33. The predicted octanol–water partition coefficient (Wildman–Crippen LogP) is 3.36. The number of benzene rings is 1. The zero-order chi connectivity index (χ0) is 12.5. The Morgan fingerprint density at radius 1 is 1.22 bits per heavy atom. The normalized spacial score (nSPS) is 15.0. The first-order valence-corrected chi connectivity index (χ1v) is 6.42. The summed E-state index contributed by atoms with van der Waals surface area (Å²) in [5.74, 6) is 0. The summed E-state index contributed by atoms with van der Waals surface area (Å²) >= 11 is 6.13. The number of hydrogen-bond acceptors (Lipinski definition) is 3. The van der Waals surface area contributed by atoms with Gasteiger partial charge in [-0.05, 0) is 18.9 Å². The van der Waals surface area contributed by atoms with Gasteiger partial charge in [-0.3, -0.25) is 0 Å². The fraction of sp³-hybridized carbons (Fsp3) is 0.286. The SMILES string of the molecule is N#Cc1c(Cl)nc2ccccc2c1N1CCCC1. The molecule has 1 aromatic heterocycles. The molecule has 90 valence electrons. The van der Waals surface area contributed by atoms with E-state index in [9.17, 15) is 5.26 Å². The first kappa shape index (κ1) is 11.3. The number of pyridine rings is 1. The van der Waals surface area contributed by atoms with Gasteiger partial charge >= 0.3 is 0 Å². The molecule has 1 fully saturated rings. The molecule has 3 rings (SSSR count). The van der Waals surface area contributed by atoms with E-state index in [2.05, 4.69) is 16.0 Å². The van der Waals surface area contributed by atoms with Crippen LogP contribution in [0.2, 0.25) is 5.15 Å². The molecule has 2 aromatic rings. The molecule has 0 saturated carbocycles. The number of nitriles is 1. The van der Waals surface area contributed by atoms with Gasteiger partial charge in [-0.1, -0.05) is 29.8 Å². The second-order valence-corrected chi connectivity index (χ2v) is 4.81. The van der Waals surface area contributed by atoms with Crippen molar-refractivity contribution in [2.75, 3.05) is 18.0 Å². The molecule has 1 aromatic carbocycles. The maximum absolute atomic E-state index is 9.32. The lowest BCUT2D eigenvalue weighted by molar-refractivity contribution is 0.949. The van der Waals surface area contributed by atoms with Crippen LogP contribution in [0.5, 0.6) is 0 Å². The van der Waals surface area contributed by atoms with E-state index in [0.717, 1.165) is 29.7 Å². The Bertz CT molecular complexity index is 639. The van der Waals surface area contributed by atoms with Crippen LogP contribution in [0.3, 0.4) is 0 Å². The quantitative estimate of drug-likeness (QED) is 0.736. The predicted molar refractivity (Wildman–Crippen MR) is 72.9 cm³/mol. The van der Waals surface area contributed by atoms with Crippen LogP contribution in [0.25, 0.3) is 10.9 Å². The maximum Gasteiger partial charge on any atom is 0.149 e. The number of fused-ring (bicyclic) bond motifs is 1. The van der Waals surface area contributed by atoms with Crippen molar-refractivity contribution in [3.05, 3.63) is 35.0 Å². The number of halogens is 1. The van der Waals surface area contributed by atoms with Gasteiger partial charge < -0.3 is 4.90 Å². The van der Waals surface area contributed by atoms with Crippen molar-refractivity contribution < 1.29 is 0 Å². The average Bonchev–Trinajstić information content (AvgIpc) is 2.90. The molecule has 4 heteroatoms. The van der Waals surface area contributed by atoms with Crippen LogP contribution < -0.4 is 4.90 Å². The number of aromatic nitrogens is 1. The smallest absolute Gasteiger partial charge is 0.149 e. The second-order valence-electron chi connectivity index (χ2n) is 4.45. The summed E-state index contributed by atoms with van der Waals surface area (Å²) in [5, 5.41) is 10.6. The van der Waals surface area contributed by atoms with Crippen molar-refractivity contribution >= 4 is 28.2 Å². The van der Waals surface area contributed by atoms with Crippen LogP contribution in [0.4, 0.5) is 5.69 Å². The maximum atomic E-state index is 9.32. The number of nitrogens with zero attached hydrogens (tertiary/aromatic N) is 3. The van der Waals surface area contributed by atoms with Gasteiger partial charge in [0, 0.05) is 18.5 Å². The van der Waals surface area contributed by atoms with Crippen molar-refractivity contribution in [2.45, 2.75) is 12.8 Å². The summed E-state index contributed by atoms with van der Waals surface area (Å²) < 4.78 is 0. The van der Waals surface area contributed by atoms with Crippen LogP contribution in [0, 0.1) is 11.3 Å². The van der Waals surface area contributed by atoms with E-state index in [1.54, 1.807) is 0 Å². The third kappa shape index (κ3) is 1.70. The highest BCUT2D eigenvalue weighted by atomic mass is 35.5. The Morgan fingerprint density at radius 3 is 2.67 bits per heavy atom. The van der Waals surface area contributed by atoms with E-state index in [1.165, 1.54) is 12.8 Å². The Morgan fingerprint density at radius 2 is 1.94 bits per heavy atom. The van der Waals surface area contributed by atoms with Gasteiger partial charge in [0.15, 0.2) is 0 Å². The van der Waals surface area contributed by atoms with E-state index in [0.29, 0.717) is 10.7 Å². The van der Waals surface area contributed by atoms with Crippen LogP contribution in [-0.4, -0.2) is 18.1 Å². The third-order valence-electron chi connectivity index (χ3n) is 3.35. The second kappa shape index (κ2) is 4.47. The first-order valence-electron chi connectivity index (χ1n) is 6.04. The monoisotopic (exact) mass is 257 g/mol. The zero-order valence-corrected chi connectivity index (χ0v) is 10.6. The molecule has 1 aliphatic heterocycles. The molecule has 1 aliphatic rings. The van der Waals surface area contributed by atoms with Gasteiger partial charge in [0.1, 0.15) is 16.8 Å². The first-order chi connectivity index (χ1) is 8.81. The summed E-state index contributed by atoms with van der Waals surface area (Å²) in [4.78, 5) is 6.54. The number of anilines is 1. The van der Waals surface area contributed by atoms with Gasteiger partial charge in [-0.15, -0.1) is 0 Å². The van der Waals surface area contributed by atoms with E-state index in [1.807, 2.05) is 24.3 Å². The highest BCUT2D eigenvalue weighted by Crippen LogP contribution is 2.35. The molecule has 0 bridgehead atoms. The molecule has 3 nitrogen and oxygen atoms in total. The van der Waals surface area contributed by atoms with Gasteiger partial charge in [0.05, 0.1) is 11.2 Å². The van der Waals surface area contributed by atoms with Crippen molar-refractivity contribution in [3.8, 4) is 6.07 Å². The number of hydrogen-bond donors (Lipinski definition) is 0. The minimum atomic E-state index is 0.304. The topological polar surface area (TPSA) is 39.9 Å². The largest absolute Gasteiger partial charge is 0.370 e. The minimum Gasteiger partial charge on any atom is -0.370 e. The van der Waals surface area contributed by atoms with E-state index < -0.39 is 0 Å². The van der Waals surface area contributed by atoms with Crippen LogP contribution in [0.1, 0.15) is 18.4 Å². The lowest BCUT2D eigenvalue weighted by atomic mass is 10.1. The Kier molecular flexibility index (Phi) is 2.81. The lowest BCUT2D eigenvalue weighted by Gasteiger charge is -2.21. The summed E-state index contributed by atoms with van der Waals surface area (Å²) in [6, 6.07) is 10.0. The van der Waals surface area contributed by atoms with Gasteiger partial charge in [0.25, 0.3) is 0 Å². The van der Waals surface area contributed by atoms with E-state index in [4.69, 9.17) is 11.6 Å². The average molecular weight is 258 g/mol. The third-order valence-corrected chi connectivity index (χ3v) is 3.63. The Balaban J connectivity index is 2.33. The van der Waals surface area contributed by atoms with Crippen LogP contribution >= 0.6 is 11.6 Å². The van der Waals surface area contributed by atoms with Crippen molar-refractivity contribution in [1.29, 1.82) is 5.26 Å². The van der Waals surface area contributed by atoms with E-state index >= 15 is 0 Å². The number of para-hydroxylation sites is 1. The molecule has 1 saturated heterocycles. The minimum absolute atomic E-state index is 0.304. The summed E-state index contributed by atoms with van der Waals surface area (Å²) in [7, 11) is 0. The van der Waals surface area contributed by atoms with Crippen LogP contribution in [0.15, 0.2) is 24.3 Å². The molecule has 2 heterocycles. The highest BCUT2D eigenvalue weighted by molar-refractivity contribution is 6.31. The molecular weight excluding hydrogens is 246 g/mol. The standard InChI is InChI=1S/C14H12ClN3/c15-14-11(9-16)13(18-7-3-4-8-18)10-5-1-2-6-12(10)17-14/h1-2,5-6H,3-4,7-8H2.